The van der Waals surface area contributed by atoms with Crippen LogP contribution in [-0.2, 0) is 11.2 Å². The maximum absolute atomic E-state index is 5.67. The number of halogens is 1. The molecule has 136 valence electrons. The van der Waals surface area contributed by atoms with Gasteiger partial charge in [0.2, 0.25) is 0 Å². The van der Waals surface area contributed by atoms with E-state index >= 15 is 0 Å². The highest BCUT2D eigenvalue weighted by Gasteiger charge is 2.15. The molecule has 1 unspecified atom stereocenters. The van der Waals surface area contributed by atoms with Crippen molar-refractivity contribution in [3.63, 3.8) is 0 Å². The lowest BCUT2D eigenvalue weighted by Crippen LogP contribution is -2.41. The summed E-state index contributed by atoms with van der Waals surface area (Å²) in [6, 6.07) is 8.29. The van der Waals surface area contributed by atoms with E-state index in [0.717, 1.165) is 63.7 Å². The molecule has 5 nitrogen and oxygen atoms in total. The molecular weight excluding hydrogens is 417 g/mol. The molecule has 1 fully saturated rings. The van der Waals surface area contributed by atoms with Gasteiger partial charge in [-0.15, -0.1) is 24.0 Å². The van der Waals surface area contributed by atoms with E-state index in [-0.39, 0.29) is 24.0 Å². The fraction of sp³-hybridized carbons (Fsp3) is 0.611. The predicted molar refractivity (Wildman–Crippen MR) is 110 cm³/mol. The van der Waals surface area contributed by atoms with Crippen molar-refractivity contribution in [1.29, 1.82) is 0 Å². The lowest BCUT2D eigenvalue weighted by atomic mass is 10.1. The quantitative estimate of drug-likeness (QED) is 0.366. The van der Waals surface area contributed by atoms with Crippen LogP contribution in [0.1, 0.15) is 31.7 Å². The zero-order chi connectivity index (χ0) is 16.3. The lowest BCUT2D eigenvalue weighted by molar-refractivity contribution is 0.114. The van der Waals surface area contributed by atoms with E-state index in [4.69, 9.17) is 9.47 Å². The Morgan fingerprint density at radius 3 is 2.96 bits per heavy atom. The monoisotopic (exact) mass is 447 g/mol. The van der Waals surface area contributed by atoms with Crippen LogP contribution in [0.4, 0.5) is 0 Å². The molecule has 2 N–H and O–H groups in total. The zero-order valence-corrected chi connectivity index (χ0v) is 17.0. The van der Waals surface area contributed by atoms with Crippen LogP contribution in [0.3, 0.4) is 0 Å². The second-order valence-electron chi connectivity index (χ2n) is 5.76. The number of nitrogens with one attached hydrogen (secondary N) is 2. The van der Waals surface area contributed by atoms with Gasteiger partial charge in [0.25, 0.3) is 0 Å². The fourth-order valence-corrected chi connectivity index (χ4v) is 2.57. The summed E-state index contributed by atoms with van der Waals surface area (Å²) in [6.07, 6.45) is 4.58. The zero-order valence-electron chi connectivity index (χ0n) is 14.7. The molecule has 0 amide bonds. The third-order valence-corrected chi connectivity index (χ3v) is 3.82. The molecule has 1 aliphatic heterocycles. The number of guanidine groups is 1. The van der Waals surface area contributed by atoms with E-state index in [9.17, 15) is 0 Å². The number of nitrogens with zero attached hydrogens (tertiary/aromatic N) is 1. The third kappa shape index (κ3) is 7.70. The van der Waals surface area contributed by atoms with Gasteiger partial charge in [-0.3, -0.25) is 4.99 Å². The summed E-state index contributed by atoms with van der Waals surface area (Å²) in [5.74, 6) is 1.78. The van der Waals surface area contributed by atoms with Crippen molar-refractivity contribution in [2.45, 2.75) is 38.7 Å². The first-order chi connectivity index (χ1) is 11.3. The van der Waals surface area contributed by atoms with Gasteiger partial charge in [-0.1, -0.05) is 19.1 Å². The number of ether oxygens (including phenoxy) is 2. The van der Waals surface area contributed by atoms with Gasteiger partial charge >= 0.3 is 0 Å². The number of hydrogen-bond donors (Lipinski definition) is 2. The van der Waals surface area contributed by atoms with Crippen LogP contribution in [0, 0.1) is 0 Å². The Hall–Kier alpha value is -1.02. The van der Waals surface area contributed by atoms with Gasteiger partial charge in [-0.05, 0) is 43.4 Å². The Morgan fingerprint density at radius 1 is 1.38 bits per heavy atom. The molecule has 0 aliphatic carbocycles. The van der Waals surface area contributed by atoms with Crippen molar-refractivity contribution >= 4 is 29.9 Å². The molecule has 0 aromatic heterocycles. The molecule has 1 aliphatic rings. The van der Waals surface area contributed by atoms with Gasteiger partial charge in [0.1, 0.15) is 5.75 Å². The third-order valence-electron chi connectivity index (χ3n) is 3.82. The van der Waals surface area contributed by atoms with E-state index in [1.54, 1.807) is 7.05 Å². The molecule has 24 heavy (non-hydrogen) atoms. The normalized spacial score (nSPS) is 17.2. The minimum absolute atomic E-state index is 0. The van der Waals surface area contributed by atoms with Crippen molar-refractivity contribution in [2.24, 2.45) is 4.99 Å². The summed E-state index contributed by atoms with van der Waals surface area (Å²) in [6.45, 7) is 5.42. The van der Waals surface area contributed by atoms with Crippen molar-refractivity contribution in [1.82, 2.24) is 10.6 Å². The molecule has 0 bridgehead atoms. The van der Waals surface area contributed by atoms with Crippen LogP contribution in [0.15, 0.2) is 29.3 Å². The number of hydrogen-bond acceptors (Lipinski definition) is 3. The van der Waals surface area contributed by atoms with E-state index < -0.39 is 0 Å². The molecule has 6 heteroatoms. The number of rotatable bonds is 8. The van der Waals surface area contributed by atoms with Crippen LogP contribution in [0.25, 0.3) is 0 Å². The maximum atomic E-state index is 5.67. The summed E-state index contributed by atoms with van der Waals surface area (Å²) in [7, 11) is 1.80. The van der Waals surface area contributed by atoms with Crippen LogP contribution in [-0.4, -0.2) is 45.4 Å². The summed E-state index contributed by atoms with van der Waals surface area (Å²) >= 11 is 0. The summed E-state index contributed by atoms with van der Waals surface area (Å²) in [5.41, 5.74) is 1.26. The minimum atomic E-state index is 0. The van der Waals surface area contributed by atoms with Crippen molar-refractivity contribution < 1.29 is 9.47 Å². The van der Waals surface area contributed by atoms with Crippen LogP contribution < -0.4 is 15.4 Å². The van der Waals surface area contributed by atoms with Crippen LogP contribution in [0.2, 0.25) is 0 Å². The van der Waals surface area contributed by atoms with Gasteiger partial charge in [0.05, 0.1) is 12.7 Å². The molecule has 1 atom stereocenters. The molecule has 1 aromatic carbocycles. The Labute approximate surface area is 162 Å². The van der Waals surface area contributed by atoms with E-state index in [0.29, 0.717) is 6.10 Å². The van der Waals surface area contributed by atoms with Gasteiger partial charge < -0.3 is 20.1 Å². The minimum Gasteiger partial charge on any atom is -0.494 e. The molecule has 0 spiro atoms. The highest BCUT2D eigenvalue weighted by atomic mass is 127. The summed E-state index contributed by atoms with van der Waals surface area (Å²) in [4.78, 5) is 4.25. The van der Waals surface area contributed by atoms with E-state index in [2.05, 4.69) is 34.7 Å². The SMILES string of the molecule is CCCOc1cccc(CCNC(=NC)NCC2CCCO2)c1.I. The Morgan fingerprint density at radius 2 is 2.25 bits per heavy atom. The second-order valence-corrected chi connectivity index (χ2v) is 5.76. The maximum Gasteiger partial charge on any atom is 0.191 e. The summed E-state index contributed by atoms with van der Waals surface area (Å²) < 4.78 is 11.3. The number of aliphatic imine (C=N–C) groups is 1. The second kappa shape index (κ2) is 12.4. The Balaban J connectivity index is 0.00000288. The highest BCUT2D eigenvalue weighted by Crippen LogP contribution is 2.14. The van der Waals surface area contributed by atoms with Gasteiger partial charge in [-0.2, -0.15) is 0 Å². The summed E-state index contributed by atoms with van der Waals surface area (Å²) in [5, 5.41) is 6.67. The van der Waals surface area contributed by atoms with Crippen molar-refractivity contribution in [3.8, 4) is 5.75 Å². The predicted octanol–water partition coefficient (Wildman–Crippen LogP) is 2.98. The van der Waals surface area contributed by atoms with Crippen molar-refractivity contribution in [2.75, 3.05) is 33.4 Å². The standard InChI is InChI=1S/C18H29N3O2.HI/c1-3-11-22-16-7-4-6-15(13-16)9-10-20-18(19-2)21-14-17-8-5-12-23-17;/h4,6-7,13,17H,3,5,8-12,14H2,1-2H3,(H2,19,20,21);1H. The first-order valence-corrected chi connectivity index (χ1v) is 8.59. The van der Waals surface area contributed by atoms with Crippen molar-refractivity contribution in [3.05, 3.63) is 29.8 Å². The molecule has 1 saturated heterocycles. The van der Waals surface area contributed by atoms with Gasteiger partial charge in [0, 0.05) is 26.7 Å². The molecular formula is C18H30IN3O2. The Kier molecular flexibility index (Phi) is 10.8. The average Bonchev–Trinajstić information content (AvgIpc) is 3.10. The molecule has 1 aromatic rings. The van der Waals surface area contributed by atoms with E-state index in [1.807, 2.05) is 12.1 Å². The first kappa shape index (κ1) is 21.0. The first-order valence-electron chi connectivity index (χ1n) is 8.59. The highest BCUT2D eigenvalue weighted by molar-refractivity contribution is 14.0. The van der Waals surface area contributed by atoms with E-state index in [1.165, 1.54) is 5.56 Å². The topological polar surface area (TPSA) is 54.9 Å². The molecule has 2 rings (SSSR count). The molecule has 0 radical (unpaired) electrons. The molecule has 1 heterocycles. The Bertz CT molecular complexity index is 491. The largest absolute Gasteiger partial charge is 0.494 e. The van der Waals surface area contributed by atoms with Crippen LogP contribution >= 0.6 is 24.0 Å². The number of benzene rings is 1. The smallest absolute Gasteiger partial charge is 0.191 e. The fourth-order valence-electron chi connectivity index (χ4n) is 2.57. The molecule has 0 saturated carbocycles. The van der Waals surface area contributed by atoms with Gasteiger partial charge in [-0.25, -0.2) is 0 Å². The van der Waals surface area contributed by atoms with Gasteiger partial charge in [0.15, 0.2) is 5.96 Å². The van der Waals surface area contributed by atoms with Crippen LogP contribution in [0.5, 0.6) is 5.75 Å². The lowest BCUT2D eigenvalue weighted by Gasteiger charge is -2.15. The average molecular weight is 447 g/mol.